The molecule has 2 heterocycles. The molecule has 0 amide bonds. The van der Waals surface area contributed by atoms with Crippen molar-refractivity contribution in [1.82, 2.24) is 5.32 Å². The van der Waals surface area contributed by atoms with E-state index >= 15 is 0 Å². The molecule has 3 heteroatoms. The molecule has 0 spiro atoms. The number of fused-ring (bicyclic) bond motifs is 1. The maximum atomic E-state index is 6.09. The largest absolute Gasteiger partial charge is 0.371 e. The standard InChI is InChI=1S/C15H21ClN2/c1-15(2)10-17-14-6-7-18(9-13(14)15)12-5-3-4-11(16)8-12/h3-5,8,13-14,17H,6-7,9-10H2,1-2H3. The average Bonchev–Trinajstić information content (AvgIpc) is 2.65. The minimum atomic E-state index is 0.405. The highest BCUT2D eigenvalue weighted by Crippen LogP contribution is 2.39. The Hall–Kier alpha value is -0.730. The van der Waals surface area contributed by atoms with Crippen LogP contribution in [0.2, 0.25) is 5.02 Å². The van der Waals surface area contributed by atoms with Gasteiger partial charge >= 0.3 is 0 Å². The van der Waals surface area contributed by atoms with Crippen LogP contribution in [0, 0.1) is 11.3 Å². The van der Waals surface area contributed by atoms with Crippen LogP contribution >= 0.6 is 11.6 Å². The van der Waals surface area contributed by atoms with Crippen molar-refractivity contribution < 1.29 is 0 Å². The van der Waals surface area contributed by atoms with Crippen molar-refractivity contribution in [2.24, 2.45) is 11.3 Å². The molecule has 1 aromatic rings. The number of hydrogen-bond acceptors (Lipinski definition) is 2. The molecule has 2 nitrogen and oxygen atoms in total. The molecule has 98 valence electrons. The Bertz CT molecular complexity index is 444. The van der Waals surface area contributed by atoms with Crippen LogP contribution in [-0.2, 0) is 0 Å². The predicted octanol–water partition coefficient (Wildman–Crippen LogP) is 3.16. The fourth-order valence-electron chi connectivity index (χ4n) is 3.42. The van der Waals surface area contributed by atoms with Crippen LogP contribution in [-0.4, -0.2) is 25.7 Å². The summed E-state index contributed by atoms with van der Waals surface area (Å²) in [6.07, 6.45) is 1.24. The molecule has 18 heavy (non-hydrogen) atoms. The molecular formula is C15H21ClN2. The number of piperidine rings is 1. The summed E-state index contributed by atoms with van der Waals surface area (Å²) in [6, 6.07) is 8.94. The maximum Gasteiger partial charge on any atom is 0.0426 e. The third-order valence-electron chi connectivity index (χ3n) is 4.61. The Morgan fingerprint density at radius 2 is 2.22 bits per heavy atom. The Labute approximate surface area is 114 Å². The molecule has 0 aromatic heterocycles. The molecule has 0 aliphatic carbocycles. The smallest absolute Gasteiger partial charge is 0.0426 e. The summed E-state index contributed by atoms with van der Waals surface area (Å²) in [5.74, 6) is 0.741. The molecule has 2 saturated heterocycles. The topological polar surface area (TPSA) is 15.3 Å². The number of halogens is 1. The average molecular weight is 265 g/mol. The molecular weight excluding hydrogens is 244 g/mol. The van der Waals surface area contributed by atoms with Crippen molar-refractivity contribution in [2.45, 2.75) is 26.3 Å². The molecule has 1 N–H and O–H groups in total. The predicted molar refractivity (Wildman–Crippen MR) is 77.3 cm³/mol. The summed E-state index contributed by atoms with van der Waals surface area (Å²) < 4.78 is 0. The first kappa shape index (κ1) is 12.3. The molecule has 0 radical (unpaired) electrons. The van der Waals surface area contributed by atoms with Gasteiger partial charge in [-0.15, -0.1) is 0 Å². The Morgan fingerprint density at radius 3 is 3.00 bits per heavy atom. The quantitative estimate of drug-likeness (QED) is 0.838. The zero-order valence-corrected chi connectivity index (χ0v) is 11.9. The van der Waals surface area contributed by atoms with E-state index < -0.39 is 0 Å². The van der Waals surface area contributed by atoms with E-state index in [1.807, 2.05) is 12.1 Å². The zero-order chi connectivity index (χ0) is 12.8. The molecule has 0 bridgehead atoms. The number of benzene rings is 1. The first-order valence-electron chi connectivity index (χ1n) is 6.80. The van der Waals surface area contributed by atoms with Gasteiger partial charge in [0.25, 0.3) is 0 Å². The first-order chi connectivity index (χ1) is 8.56. The van der Waals surface area contributed by atoms with Gasteiger partial charge in [0.1, 0.15) is 0 Å². The highest BCUT2D eigenvalue weighted by Gasteiger charge is 2.44. The maximum absolute atomic E-state index is 6.09. The van der Waals surface area contributed by atoms with Crippen LogP contribution in [0.25, 0.3) is 0 Å². The van der Waals surface area contributed by atoms with Gasteiger partial charge in [0, 0.05) is 36.4 Å². The van der Waals surface area contributed by atoms with E-state index in [1.54, 1.807) is 0 Å². The van der Waals surface area contributed by atoms with E-state index in [-0.39, 0.29) is 0 Å². The summed E-state index contributed by atoms with van der Waals surface area (Å²) >= 11 is 6.09. The van der Waals surface area contributed by atoms with Crippen LogP contribution in [0.4, 0.5) is 5.69 Å². The molecule has 2 aliphatic rings. The summed E-state index contributed by atoms with van der Waals surface area (Å²) in [4.78, 5) is 2.49. The van der Waals surface area contributed by atoms with E-state index in [2.05, 4.69) is 36.2 Å². The second-order valence-corrected chi connectivity index (χ2v) is 6.73. The summed E-state index contributed by atoms with van der Waals surface area (Å²) in [5, 5.41) is 4.51. The third-order valence-corrected chi connectivity index (χ3v) is 4.84. The summed E-state index contributed by atoms with van der Waals surface area (Å²) in [5.41, 5.74) is 1.67. The number of hydrogen-bond donors (Lipinski definition) is 1. The number of nitrogens with zero attached hydrogens (tertiary/aromatic N) is 1. The fraction of sp³-hybridized carbons (Fsp3) is 0.600. The normalized spacial score (nSPS) is 30.3. The SMILES string of the molecule is CC1(C)CNC2CCN(c3cccc(Cl)c3)CC21. The van der Waals surface area contributed by atoms with Crippen molar-refractivity contribution >= 4 is 17.3 Å². The highest BCUT2D eigenvalue weighted by molar-refractivity contribution is 6.30. The van der Waals surface area contributed by atoms with Crippen LogP contribution in [0.3, 0.4) is 0 Å². The van der Waals surface area contributed by atoms with Gasteiger partial charge in [0.05, 0.1) is 0 Å². The number of nitrogens with one attached hydrogen (secondary N) is 1. The van der Waals surface area contributed by atoms with Gasteiger partial charge < -0.3 is 10.2 Å². The van der Waals surface area contributed by atoms with Crippen molar-refractivity contribution in [1.29, 1.82) is 0 Å². The molecule has 2 fully saturated rings. The van der Waals surface area contributed by atoms with Crippen LogP contribution in [0.15, 0.2) is 24.3 Å². The second-order valence-electron chi connectivity index (χ2n) is 6.30. The van der Waals surface area contributed by atoms with Gasteiger partial charge in [-0.05, 0) is 36.0 Å². The van der Waals surface area contributed by atoms with Gasteiger partial charge in [-0.3, -0.25) is 0 Å². The van der Waals surface area contributed by atoms with Crippen LogP contribution in [0.5, 0.6) is 0 Å². The Kier molecular flexibility index (Phi) is 3.03. The molecule has 3 rings (SSSR count). The third kappa shape index (κ3) is 2.12. The molecule has 2 aliphatic heterocycles. The summed E-state index contributed by atoms with van der Waals surface area (Å²) in [7, 11) is 0. The molecule has 2 unspecified atom stereocenters. The van der Waals surface area contributed by atoms with E-state index in [0.29, 0.717) is 11.5 Å². The highest BCUT2D eigenvalue weighted by atomic mass is 35.5. The minimum Gasteiger partial charge on any atom is -0.371 e. The lowest BCUT2D eigenvalue weighted by Gasteiger charge is -2.40. The van der Waals surface area contributed by atoms with Crippen molar-refractivity contribution in [3.8, 4) is 0 Å². The van der Waals surface area contributed by atoms with Crippen molar-refractivity contribution in [3.05, 3.63) is 29.3 Å². The minimum absolute atomic E-state index is 0.405. The van der Waals surface area contributed by atoms with E-state index in [4.69, 9.17) is 11.6 Å². The van der Waals surface area contributed by atoms with E-state index in [9.17, 15) is 0 Å². The lowest BCUT2D eigenvalue weighted by atomic mass is 9.76. The number of anilines is 1. The molecule has 1 aromatic carbocycles. The van der Waals surface area contributed by atoms with Gasteiger partial charge in [-0.2, -0.15) is 0 Å². The lowest BCUT2D eigenvalue weighted by Crippen LogP contribution is -2.47. The molecule has 0 saturated carbocycles. The molecule has 2 atom stereocenters. The van der Waals surface area contributed by atoms with E-state index in [0.717, 1.165) is 30.6 Å². The van der Waals surface area contributed by atoms with Gasteiger partial charge in [-0.1, -0.05) is 31.5 Å². The van der Waals surface area contributed by atoms with Gasteiger partial charge in [0.15, 0.2) is 0 Å². The van der Waals surface area contributed by atoms with Crippen molar-refractivity contribution in [2.75, 3.05) is 24.5 Å². The Morgan fingerprint density at radius 1 is 1.39 bits per heavy atom. The first-order valence-corrected chi connectivity index (χ1v) is 7.18. The monoisotopic (exact) mass is 264 g/mol. The van der Waals surface area contributed by atoms with Crippen molar-refractivity contribution in [3.63, 3.8) is 0 Å². The van der Waals surface area contributed by atoms with Gasteiger partial charge in [0.2, 0.25) is 0 Å². The Balaban J connectivity index is 1.80. The van der Waals surface area contributed by atoms with E-state index in [1.165, 1.54) is 12.1 Å². The summed E-state index contributed by atoms with van der Waals surface area (Å²) in [6.45, 7) is 8.18. The lowest BCUT2D eigenvalue weighted by molar-refractivity contribution is 0.237. The number of rotatable bonds is 1. The fourth-order valence-corrected chi connectivity index (χ4v) is 3.61. The zero-order valence-electron chi connectivity index (χ0n) is 11.1. The van der Waals surface area contributed by atoms with Gasteiger partial charge in [-0.25, -0.2) is 0 Å². The second kappa shape index (κ2) is 4.43. The van der Waals surface area contributed by atoms with Crippen LogP contribution < -0.4 is 10.2 Å². The van der Waals surface area contributed by atoms with Crippen LogP contribution in [0.1, 0.15) is 20.3 Å².